The van der Waals surface area contributed by atoms with Crippen molar-refractivity contribution >= 4 is 11.3 Å². The maximum absolute atomic E-state index is 9.64. The number of aromatic nitrogens is 1. The summed E-state index contributed by atoms with van der Waals surface area (Å²) in [5, 5.41) is 10.4. The van der Waals surface area contributed by atoms with E-state index in [1.165, 1.54) is 4.88 Å². The Hall–Kier alpha value is -1.19. The van der Waals surface area contributed by atoms with E-state index in [9.17, 15) is 5.11 Å². The van der Waals surface area contributed by atoms with Gasteiger partial charge in [0.2, 0.25) is 0 Å². The fraction of sp³-hybridized carbons (Fsp3) is 0.357. The molecular weight excluding hydrogens is 230 g/mol. The largest absolute Gasteiger partial charge is 0.386 e. The van der Waals surface area contributed by atoms with Gasteiger partial charge in [-0.3, -0.25) is 0 Å². The van der Waals surface area contributed by atoms with E-state index in [-0.39, 0.29) is 0 Å². The van der Waals surface area contributed by atoms with Crippen LogP contribution in [0.4, 0.5) is 0 Å². The third-order valence-electron chi connectivity index (χ3n) is 2.60. The van der Waals surface area contributed by atoms with Gasteiger partial charge in [-0.2, -0.15) is 0 Å². The van der Waals surface area contributed by atoms with Crippen molar-refractivity contribution < 1.29 is 5.11 Å². The summed E-state index contributed by atoms with van der Waals surface area (Å²) in [6, 6.07) is 10.2. The van der Waals surface area contributed by atoms with Gasteiger partial charge >= 0.3 is 0 Å². The van der Waals surface area contributed by atoms with Crippen LogP contribution in [0.3, 0.4) is 0 Å². The van der Waals surface area contributed by atoms with Crippen LogP contribution < -0.4 is 0 Å². The number of nitrogens with zero attached hydrogens (tertiary/aromatic N) is 1. The van der Waals surface area contributed by atoms with Crippen LogP contribution in [-0.4, -0.2) is 10.1 Å². The molecule has 0 saturated carbocycles. The molecule has 0 saturated heterocycles. The van der Waals surface area contributed by atoms with Gasteiger partial charge in [0.25, 0.3) is 0 Å². The zero-order valence-electron chi connectivity index (χ0n) is 10.3. The van der Waals surface area contributed by atoms with Crippen molar-refractivity contribution in [3.8, 4) is 11.3 Å². The summed E-state index contributed by atoms with van der Waals surface area (Å²) in [6.07, 6.45) is -0.491. The third-order valence-corrected chi connectivity index (χ3v) is 4.13. The first-order valence-corrected chi connectivity index (χ1v) is 6.65. The monoisotopic (exact) mass is 247 g/mol. The summed E-state index contributed by atoms with van der Waals surface area (Å²) < 4.78 is 0. The van der Waals surface area contributed by atoms with E-state index < -0.39 is 6.10 Å². The molecule has 1 atom stereocenters. The molecule has 2 nitrogen and oxygen atoms in total. The smallest absolute Gasteiger partial charge is 0.122 e. The van der Waals surface area contributed by atoms with Crippen molar-refractivity contribution in [2.75, 3.05) is 0 Å². The molecule has 0 aliphatic rings. The first-order chi connectivity index (χ1) is 8.09. The molecule has 90 valence electrons. The van der Waals surface area contributed by atoms with Crippen molar-refractivity contribution in [1.82, 2.24) is 4.98 Å². The minimum atomic E-state index is -0.491. The van der Waals surface area contributed by atoms with Crippen LogP contribution in [0.25, 0.3) is 11.3 Å². The van der Waals surface area contributed by atoms with Crippen LogP contribution in [0, 0.1) is 0 Å². The summed E-state index contributed by atoms with van der Waals surface area (Å²) in [5.41, 5.74) is 2.14. The van der Waals surface area contributed by atoms with Crippen molar-refractivity contribution in [2.24, 2.45) is 0 Å². The van der Waals surface area contributed by atoms with E-state index in [1.54, 1.807) is 18.3 Å². The van der Waals surface area contributed by atoms with E-state index in [0.29, 0.717) is 5.92 Å². The highest BCUT2D eigenvalue weighted by molar-refractivity contribution is 7.12. The van der Waals surface area contributed by atoms with E-state index in [0.717, 1.165) is 16.3 Å². The number of thiazole rings is 1. The van der Waals surface area contributed by atoms with Crippen molar-refractivity contribution in [1.29, 1.82) is 0 Å². The van der Waals surface area contributed by atoms with Gasteiger partial charge in [0.05, 0.1) is 5.69 Å². The summed E-state index contributed by atoms with van der Waals surface area (Å²) >= 11 is 1.61. The van der Waals surface area contributed by atoms with Gasteiger partial charge in [-0.1, -0.05) is 44.2 Å². The Kier molecular flexibility index (Phi) is 3.60. The van der Waals surface area contributed by atoms with Crippen LogP contribution in [0.1, 0.15) is 42.7 Å². The SMILES string of the molecule is CC(C)c1sc(C(C)O)nc1-c1ccccc1. The quantitative estimate of drug-likeness (QED) is 0.889. The molecule has 17 heavy (non-hydrogen) atoms. The Morgan fingerprint density at radius 3 is 2.29 bits per heavy atom. The molecule has 0 fully saturated rings. The first-order valence-electron chi connectivity index (χ1n) is 5.83. The summed E-state index contributed by atoms with van der Waals surface area (Å²) in [4.78, 5) is 5.81. The van der Waals surface area contributed by atoms with Crippen LogP contribution >= 0.6 is 11.3 Å². The van der Waals surface area contributed by atoms with Gasteiger partial charge in [-0.25, -0.2) is 4.98 Å². The molecule has 0 aliphatic carbocycles. The highest BCUT2D eigenvalue weighted by Gasteiger charge is 2.17. The summed E-state index contributed by atoms with van der Waals surface area (Å²) in [5.74, 6) is 0.426. The standard InChI is InChI=1S/C14H17NOS/c1-9(2)13-12(11-7-5-4-6-8-11)15-14(17-13)10(3)16/h4-10,16H,1-3H3. The number of hydrogen-bond donors (Lipinski definition) is 1. The molecule has 0 aliphatic heterocycles. The Morgan fingerprint density at radius 2 is 1.76 bits per heavy atom. The van der Waals surface area contributed by atoms with Gasteiger partial charge in [0.1, 0.15) is 11.1 Å². The lowest BCUT2D eigenvalue weighted by Crippen LogP contribution is -1.90. The molecule has 1 heterocycles. The van der Waals surface area contributed by atoms with Crippen LogP contribution in [0.2, 0.25) is 0 Å². The van der Waals surface area contributed by atoms with Gasteiger partial charge in [0.15, 0.2) is 0 Å². The number of aliphatic hydroxyl groups is 1. The van der Waals surface area contributed by atoms with E-state index in [1.807, 2.05) is 18.2 Å². The van der Waals surface area contributed by atoms with Crippen molar-refractivity contribution in [2.45, 2.75) is 32.8 Å². The minimum Gasteiger partial charge on any atom is -0.386 e. The molecule has 0 amide bonds. The lowest BCUT2D eigenvalue weighted by molar-refractivity contribution is 0.199. The molecule has 2 rings (SSSR count). The molecule has 0 bridgehead atoms. The molecule has 1 aromatic heterocycles. The van der Waals surface area contributed by atoms with Crippen LogP contribution in [-0.2, 0) is 0 Å². The summed E-state index contributed by atoms with van der Waals surface area (Å²) in [6.45, 7) is 6.08. The van der Waals surface area contributed by atoms with Crippen LogP contribution in [0.5, 0.6) is 0 Å². The number of aliphatic hydroxyl groups excluding tert-OH is 1. The Bertz CT molecular complexity index is 488. The maximum Gasteiger partial charge on any atom is 0.122 e. The predicted molar refractivity (Wildman–Crippen MR) is 72.3 cm³/mol. The Morgan fingerprint density at radius 1 is 1.12 bits per heavy atom. The van der Waals surface area contributed by atoms with Crippen molar-refractivity contribution in [3.05, 3.63) is 40.2 Å². The molecular formula is C14H17NOS. The Balaban J connectivity index is 2.52. The molecule has 3 heteroatoms. The molecule has 1 unspecified atom stereocenters. The lowest BCUT2D eigenvalue weighted by atomic mass is 10.1. The lowest BCUT2D eigenvalue weighted by Gasteiger charge is -2.04. The first kappa shape index (κ1) is 12.3. The number of benzene rings is 1. The van der Waals surface area contributed by atoms with Gasteiger partial charge in [0, 0.05) is 10.4 Å². The fourth-order valence-electron chi connectivity index (χ4n) is 1.72. The van der Waals surface area contributed by atoms with E-state index in [4.69, 9.17) is 0 Å². The molecule has 0 spiro atoms. The zero-order valence-corrected chi connectivity index (χ0v) is 11.2. The second-order valence-electron chi connectivity index (χ2n) is 4.46. The fourth-order valence-corrected chi connectivity index (χ4v) is 2.75. The Labute approximate surface area is 106 Å². The average molecular weight is 247 g/mol. The maximum atomic E-state index is 9.64. The third kappa shape index (κ3) is 2.56. The second-order valence-corrected chi connectivity index (χ2v) is 5.52. The molecule has 1 N–H and O–H groups in total. The van der Waals surface area contributed by atoms with Gasteiger partial charge in [-0.05, 0) is 12.8 Å². The molecule has 0 radical (unpaired) electrons. The van der Waals surface area contributed by atoms with Crippen LogP contribution in [0.15, 0.2) is 30.3 Å². The van der Waals surface area contributed by atoms with Crippen molar-refractivity contribution in [3.63, 3.8) is 0 Å². The van der Waals surface area contributed by atoms with E-state index in [2.05, 4.69) is 31.0 Å². The molecule has 1 aromatic carbocycles. The average Bonchev–Trinajstić information content (AvgIpc) is 2.75. The molecule has 2 aromatic rings. The zero-order chi connectivity index (χ0) is 12.4. The van der Waals surface area contributed by atoms with Gasteiger partial charge < -0.3 is 5.11 Å². The summed E-state index contributed by atoms with van der Waals surface area (Å²) in [7, 11) is 0. The highest BCUT2D eigenvalue weighted by Crippen LogP contribution is 2.35. The minimum absolute atomic E-state index is 0.426. The normalized spacial score (nSPS) is 13.0. The van der Waals surface area contributed by atoms with E-state index >= 15 is 0 Å². The number of rotatable bonds is 3. The van der Waals surface area contributed by atoms with Gasteiger partial charge in [-0.15, -0.1) is 11.3 Å². The number of hydrogen-bond acceptors (Lipinski definition) is 3. The predicted octanol–water partition coefficient (Wildman–Crippen LogP) is 3.99. The highest BCUT2D eigenvalue weighted by atomic mass is 32.1. The second kappa shape index (κ2) is 4.98. The topological polar surface area (TPSA) is 33.1 Å².